The molecule has 0 aromatic heterocycles. The molecule has 0 aliphatic carbocycles. The minimum atomic E-state index is -1.53. The van der Waals surface area contributed by atoms with E-state index in [1.165, 1.54) is 0 Å². The Bertz CT molecular complexity index is 325. The standard InChI is InChI=1S/C12H18O7/c1-3-10(16)18-5-9(19-11(17)4-2)12(6-13,7-14)8-15/h3-4,9,13-15H,1-2,5-8H2. The topological polar surface area (TPSA) is 113 Å². The van der Waals surface area contributed by atoms with E-state index in [9.17, 15) is 24.9 Å². The van der Waals surface area contributed by atoms with Crippen molar-refractivity contribution < 1.29 is 34.4 Å². The summed E-state index contributed by atoms with van der Waals surface area (Å²) in [5.74, 6) is -1.60. The smallest absolute Gasteiger partial charge is 0.330 e. The number of aliphatic hydroxyl groups is 3. The van der Waals surface area contributed by atoms with Crippen LogP contribution >= 0.6 is 0 Å². The molecule has 1 unspecified atom stereocenters. The monoisotopic (exact) mass is 274 g/mol. The molecule has 7 heteroatoms. The van der Waals surface area contributed by atoms with E-state index in [4.69, 9.17) is 9.47 Å². The zero-order valence-corrected chi connectivity index (χ0v) is 10.4. The fraction of sp³-hybridized carbons (Fsp3) is 0.500. The highest BCUT2D eigenvalue weighted by molar-refractivity contribution is 5.82. The molecular formula is C12H18O7. The fourth-order valence-corrected chi connectivity index (χ4v) is 1.20. The Balaban J connectivity index is 5.00. The van der Waals surface area contributed by atoms with Crippen LogP contribution in [-0.2, 0) is 19.1 Å². The normalized spacial score (nSPS) is 12.4. The van der Waals surface area contributed by atoms with E-state index in [2.05, 4.69) is 13.2 Å². The van der Waals surface area contributed by atoms with Gasteiger partial charge in [-0.1, -0.05) is 13.2 Å². The van der Waals surface area contributed by atoms with Gasteiger partial charge in [0.05, 0.1) is 25.2 Å². The van der Waals surface area contributed by atoms with Crippen LogP contribution in [0, 0.1) is 5.41 Å². The second kappa shape index (κ2) is 8.41. The molecule has 0 bridgehead atoms. The number of hydrogen-bond donors (Lipinski definition) is 3. The number of carbonyl (C=O) groups excluding carboxylic acids is 2. The Labute approximate surface area is 110 Å². The lowest BCUT2D eigenvalue weighted by molar-refractivity contribution is -0.172. The Kier molecular flexibility index (Phi) is 7.66. The third kappa shape index (κ3) is 4.82. The van der Waals surface area contributed by atoms with Gasteiger partial charge in [-0.05, 0) is 0 Å². The van der Waals surface area contributed by atoms with Gasteiger partial charge >= 0.3 is 11.9 Å². The second-order valence-electron chi connectivity index (χ2n) is 3.80. The van der Waals surface area contributed by atoms with Crippen molar-refractivity contribution >= 4 is 11.9 Å². The molecule has 0 aromatic rings. The molecule has 3 N–H and O–H groups in total. The number of aliphatic hydroxyl groups excluding tert-OH is 3. The molecular weight excluding hydrogens is 256 g/mol. The first-order valence-corrected chi connectivity index (χ1v) is 5.44. The Morgan fingerprint density at radius 2 is 1.53 bits per heavy atom. The van der Waals surface area contributed by atoms with Gasteiger partial charge in [0.25, 0.3) is 0 Å². The average molecular weight is 274 g/mol. The van der Waals surface area contributed by atoms with Crippen molar-refractivity contribution in [3.05, 3.63) is 25.3 Å². The van der Waals surface area contributed by atoms with Gasteiger partial charge in [-0.25, -0.2) is 9.59 Å². The minimum Gasteiger partial charge on any atom is -0.459 e. The summed E-state index contributed by atoms with van der Waals surface area (Å²) in [7, 11) is 0. The maximum atomic E-state index is 11.2. The van der Waals surface area contributed by atoms with Crippen molar-refractivity contribution in [2.45, 2.75) is 6.10 Å². The first-order chi connectivity index (χ1) is 8.99. The minimum absolute atomic E-state index is 0.438. The molecule has 0 saturated heterocycles. The lowest BCUT2D eigenvalue weighted by atomic mass is 9.84. The lowest BCUT2D eigenvalue weighted by Gasteiger charge is -2.34. The Morgan fingerprint density at radius 3 is 1.89 bits per heavy atom. The molecule has 0 aliphatic rings. The largest absolute Gasteiger partial charge is 0.459 e. The van der Waals surface area contributed by atoms with Gasteiger partial charge in [-0.3, -0.25) is 0 Å². The molecule has 0 aromatic carbocycles. The summed E-state index contributed by atoms with van der Waals surface area (Å²) in [6, 6.07) is 0. The fourth-order valence-electron chi connectivity index (χ4n) is 1.20. The van der Waals surface area contributed by atoms with Crippen LogP contribution in [0.25, 0.3) is 0 Å². The number of rotatable bonds is 9. The molecule has 0 fully saturated rings. The Morgan fingerprint density at radius 1 is 1.05 bits per heavy atom. The molecule has 7 nitrogen and oxygen atoms in total. The van der Waals surface area contributed by atoms with E-state index >= 15 is 0 Å². The van der Waals surface area contributed by atoms with Crippen LogP contribution in [0.5, 0.6) is 0 Å². The highest BCUT2D eigenvalue weighted by Crippen LogP contribution is 2.24. The highest BCUT2D eigenvalue weighted by atomic mass is 16.6. The van der Waals surface area contributed by atoms with Crippen molar-refractivity contribution in [1.29, 1.82) is 0 Å². The number of hydrogen-bond acceptors (Lipinski definition) is 7. The summed E-state index contributed by atoms with van der Waals surface area (Å²) >= 11 is 0. The van der Waals surface area contributed by atoms with Crippen LogP contribution < -0.4 is 0 Å². The van der Waals surface area contributed by atoms with Crippen LogP contribution in [0.1, 0.15) is 0 Å². The zero-order valence-electron chi connectivity index (χ0n) is 10.4. The summed E-state index contributed by atoms with van der Waals surface area (Å²) in [4.78, 5) is 22.2. The SMILES string of the molecule is C=CC(=O)OCC(OC(=O)C=C)C(CO)(CO)CO. The molecule has 1 atom stereocenters. The summed E-state index contributed by atoms with van der Waals surface area (Å²) in [6.45, 7) is 3.95. The molecule has 0 amide bonds. The number of ether oxygens (including phenoxy) is 2. The van der Waals surface area contributed by atoms with Crippen molar-refractivity contribution in [3.8, 4) is 0 Å². The summed E-state index contributed by atoms with van der Waals surface area (Å²) in [5.41, 5.74) is -1.53. The second-order valence-corrected chi connectivity index (χ2v) is 3.80. The van der Waals surface area contributed by atoms with Crippen molar-refractivity contribution in [2.24, 2.45) is 5.41 Å². The quantitative estimate of drug-likeness (QED) is 0.356. The van der Waals surface area contributed by atoms with E-state index < -0.39 is 49.9 Å². The van der Waals surface area contributed by atoms with E-state index in [1.54, 1.807) is 0 Å². The third-order valence-electron chi connectivity index (χ3n) is 2.60. The van der Waals surface area contributed by atoms with E-state index in [0.29, 0.717) is 0 Å². The maximum absolute atomic E-state index is 11.2. The van der Waals surface area contributed by atoms with Crippen LogP contribution in [0.4, 0.5) is 0 Å². The predicted octanol–water partition coefficient (Wildman–Crippen LogP) is -1.22. The molecule has 0 radical (unpaired) electrons. The van der Waals surface area contributed by atoms with Gasteiger partial charge in [0.2, 0.25) is 0 Å². The summed E-state index contributed by atoms with van der Waals surface area (Å²) in [6.07, 6.45) is 0.561. The molecule has 0 spiro atoms. The number of esters is 2. The summed E-state index contributed by atoms with van der Waals surface area (Å²) in [5, 5.41) is 27.8. The highest BCUT2D eigenvalue weighted by Gasteiger charge is 2.41. The molecule has 0 saturated carbocycles. The van der Waals surface area contributed by atoms with Crippen LogP contribution in [0.2, 0.25) is 0 Å². The van der Waals surface area contributed by atoms with Gasteiger partial charge in [-0.15, -0.1) is 0 Å². The lowest BCUT2D eigenvalue weighted by Crippen LogP contribution is -2.49. The molecule has 108 valence electrons. The number of carbonyl (C=O) groups is 2. The van der Waals surface area contributed by atoms with Gasteiger partial charge in [0.15, 0.2) is 0 Å². The van der Waals surface area contributed by atoms with Crippen LogP contribution in [0.15, 0.2) is 25.3 Å². The molecule has 0 heterocycles. The van der Waals surface area contributed by atoms with Crippen molar-refractivity contribution in [2.75, 3.05) is 26.4 Å². The molecule has 19 heavy (non-hydrogen) atoms. The molecule has 0 aliphatic heterocycles. The van der Waals surface area contributed by atoms with Crippen LogP contribution in [-0.4, -0.2) is 59.8 Å². The van der Waals surface area contributed by atoms with Gasteiger partial charge in [0, 0.05) is 12.2 Å². The predicted molar refractivity (Wildman–Crippen MR) is 64.9 cm³/mol. The molecule has 0 rings (SSSR count). The average Bonchev–Trinajstić information content (AvgIpc) is 2.45. The van der Waals surface area contributed by atoms with Gasteiger partial charge in [-0.2, -0.15) is 0 Å². The zero-order chi connectivity index (χ0) is 14.9. The van der Waals surface area contributed by atoms with Crippen LogP contribution in [0.3, 0.4) is 0 Å². The maximum Gasteiger partial charge on any atom is 0.330 e. The first-order valence-electron chi connectivity index (χ1n) is 5.44. The van der Waals surface area contributed by atoms with Crippen molar-refractivity contribution in [3.63, 3.8) is 0 Å². The van der Waals surface area contributed by atoms with Gasteiger partial charge in [0.1, 0.15) is 12.7 Å². The summed E-state index contributed by atoms with van der Waals surface area (Å²) < 4.78 is 9.59. The van der Waals surface area contributed by atoms with E-state index in [0.717, 1.165) is 12.2 Å². The Hall–Kier alpha value is -1.70. The third-order valence-corrected chi connectivity index (χ3v) is 2.60. The first kappa shape index (κ1) is 17.3. The van der Waals surface area contributed by atoms with Gasteiger partial charge < -0.3 is 24.8 Å². The van der Waals surface area contributed by atoms with E-state index in [-0.39, 0.29) is 0 Å². The van der Waals surface area contributed by atoms with Crippen molar-refractivity contribution in [1.82, 2.24) is 0 Å². The van der Waals surface area contributed by atoms with E-state index in [1.807, 2.05) is 0 Å².